The molecular weight excluding hydrogens is 341 g/mol. The Hall–Kier alpha value is -1.70. The van der Waals surface area contributed by atoms with Crippen LogP contribution in [0.3, 0.4) is 0 Å². The number of carboxylic acids is 1. The van der Waals surface area contributed by atoms with Crippen LogP contribution in [0.5, 0.6) is 0 Å². The van der Waals surface area contributed by atoms with Crippen LogP contribution in [0.1, 0.15) is 16.3 Å². The van der Waals surface area contributed by atoms with Crippen molar-refractivity contribution in [3.63, 3.8) is 0 Å². The number of hydrogen-bond acceptors (Lipinski definition) is 4. The van der Waals surface area contributed by atoms with E-state index in [0.29, 0.717) is 0 Å². The maximum absolute atomic E-state index is 12.2. The maximum Gasteiger partial charge on any atom is 0.371 e. The average Bonchev–Trinajstić information content (AvgIpc) is 2.70. The van der Waals surface area contributed by atoms with Gasteiger partial charge in [-0.1, -0.05) is 23.2 Å². The van der Waals surface area contributed by atoms with Crippen molar-refractivity contribution in [3.8, 4) is 0 Å². The molecule has 0 saturated heterocycles. The molecule has 1 aromatic carbocycles. The van der Waals surface area contributed by atoms with Crippen LogP contribution in [0.4, 0.5) is 5.69 Å². The summed E-state index contributed by atoms with van der Waals surface area (Å²) in [4.78, 5) is 10.5. The zero-order valence-corrected chi connectivity index (χ0v) is 12.9. The number of rotatable bonds is 4. The summed E-state index contributed by atoms with van der Waals surface area (Å²) in [5.41, 5.74) is 0.157. The highest BCUT2D eigenvalue weighted by Gasteiger charge is 2.24. The third-order valence-corrected chi connectivity index (χ3v) is 4.41. The first-order valence-corrected chi connectivity index (χ1v) is 7.75. The zero-order valence-electron chi connectivity index (χ0n) is 10.6. The number of nitrogens with one attached hydrogen (secondary N) is 1. The number of anilines is 1. The molecule has 0 amide bonds. The van der Waals surface area contributed by atoms with Crippen molar-refractivity contribution in [2.24, 2.45) is 0 Å². The molecule has 0 spiro atoms. The summed E-state index contributed by atoms with van der Waals surface area (Å²) in [6, 6.07) is 5.13. The van der Waals surface area contributed by atoms with Crippen molar-refractivity contribution in [1.82, 2.24) is 0 Å². The Balaban J connectivity index is 2.40. The summed E-state index contributed by atoms with van der Waals surface area (Å²) in [6.45, 7) is 1.35. The number of carboxylic acid groups (broad SMARTS) is 1. The fourth-order valence-electron chi connectivity index (χ4n) is 1.66. The minimum atomic E-state index is -4.01. The summed E-state index contributed by atoms with van der Waals surface area (Å²) in [6.07, 6.45) is 0. The molecule has 112 valence electrons. The minimum Gasteiger partial charge on any atom is -0.475 e. The van der Waals surface area contributed by atoms with Crippen molar-refractivity contribution >= 4 is 44.9 Å². The van der Waals surface area contributed by atoms with Gasteiger partial charge in [0, 0.05) is 16.1 Å². The molecule has 6 nitrogen and oxygen atoms in total. The minimum absolute atomic E-state index is 0.0342. The lowest BCUT2D eigenvalue weighted by Crippen LogP contribution is -2.13. The highest BCUT2D eigenvalue weighted by atomic mass is 35.5. The van der Waals surface area contributed by atoms with Crippen LogP contribution in [-0.2, 0) is 10.0 Å². The van der Waals surface area contributed by atoms with Crippen molar-refractivity contribution in [2.45, 2.75) is 11.8 Å². The van der Waals surface area contributed by atoms with Gasteiger partial charge >= 0.3 is 5.97 Å². The predicted molar refractivity (Wildman–Crippen MR) is 77.7 cm³/mol. The van der Waals surface area contributed by atoms with E-state index in [2.05, 4.69) is 4.72 Å². The Morgan fingerprint density at radius 3 is 2.24 bits per heavy atom. The largest absolute Gasteiger partial charge is 0.475 e. The number of halogens is 2. The Morgan fingerprint density at radius 2 is 1.76 bits per heavy atom. The number of furan rings is 1. The molecule has 0 saturated carbocycles. The summed E-state index contributed by atoms with van der Waals surface area (Å²) >= 11 is 11.6. The topological polar surface area (TPSA) is 96.6 Å². The molecule has 0 aliphatic rings. The number of aryl methyl sites for hydroxylation is 1. The highest BCUT2D eigenvalue weighted by molar-refractivity contribution is 7.92. The van der Waals surface area contributed by atoms with E-state index in [1.54, 1.807) is 0 Å². The van der Waals surface area contributed by atoms with Crippen LogP contribution in [0.25, 0.3) is 0 Å². The van der Waals surface area contributed by atoms with Crippen molar-refractivity contribution in [2.75, 3.05) is 4.72 Å². The molecule has 21 heavy (non-hydrogen) atoms. The van der Waals surface area contributed by atoms with Gasteiger partial charge in [-0.05, 0) is 25.1 Å². The molecule has 9 heteroatoms. The van der Waals surface area contributed by atoms with Crippen molar-refractivity contribution in [1.29, 1.82) is 0 Å². The molecule has 0 atom stereocenters. The summed E-state index contributed by atoms with van der Waals surface area (Å²) in [5.74, 6) is -1.85. The van der Waals surface area contributed by atoms with Gasteiger partial charge in [0.05, 0.1) is 5.69 Å². The second-order valence-corrected chi connectivity index (χ2v) is 6.62. The Morgan fingerprint density at radius 1 is 1.19 bits per heavy atom. The summed E-state index contributed by atoms with van der Waals surface area (Å²) < 4.78 is 31.6. The van der Waals surface area contributed by atoms with Gasteiger partial charge in [0.1, 0.15) is 10.7 Å². The quantitative estimate of drug-likeness (QED) is 0.881. The monoisotopic (exact) mass is 349 g/mol. The number of sulfonamides is 1. The zero-order chi connectivity index (χ0) is 15.8. The lowest BCUT2D eigenvalue weighted by molar-refractivity contribution is 0.0661. The molecule has 1 heterocycles. The van der Waals surface area contributed by atoms with Gasteiger partial charge in [-0.3, -0.25) is 4.72 Å². The number of hydrogen-bond donors (Lipinski definition) is 2. The second-order valence-electron chi connectivity index (χ2n) is 4.10. The summed E-state index contributed by atoms with van der Waals surface area (Å²) in [7, 11) is -4.01. The van der Waals surface area contributed by atoms with Gasteiger partial charge in [0.2, 0.25) is 5.76 Å². The van der Waals surface area contributed by atoms with Crippen LogP contribution in [-0.4, -0.2) is 19.5 Å². The summed E-state index contributed by atoms with van der Waals surface area (Å²) in [5, 5.41) is 9.33. The molecule has 1 aromatic heterocycles. The molecule has 0 aliphatic carbocycles. The normalized spacial score (nSPS) is 11.4. The van der Waals surface area contributed by atoms with Crippen molar-refractivity contribution < 1.29 is 22.7 Å². The van der Waals surface area contributed by atoms with Gasteiger partial charge in [-0.2, -0.15) is 0 Å². The Kier molecular flexibility index (Phi) is 4.18. The molecule has 0 bridgehead atoms. The number of benzene rings is 1. The SMILES string of the molecule is Cc1oc(C(=O)O)cc1S(=O)(=O)Nc1cc(Cl)cc(Cl)c1. The molecule has 0 aliphatic heterocycles. The molecule has 2 N–H and O–H groups in total. The van der Waals surface area contributed by atoms with E-state index >= 15 is 0 Å². The maximum atomic E-state index is 12.2. The highest BCUT2D eigenvalue weighted by Crippen LogP contribution is 2.26. The van der Waals surface area contributed by atoms with Gasteiger partial charge in [0.15, 0.2) is 0 Å². The van der Waals surface area contributed by atoms with Gasteiger partial charge in [-0.15, -0.1) is 0 Å². The lowest BCUT2D eigenvalue weighted by Gasteiger charge is -2.07. The second kappa shape index (κ2) is 5.59. The first-order chi connectivity index (χ1) is 9.69. The van der Waals surface area contributed by atoms with Crippen LogP contribution >= 0.6 is 23.2 Å². The van der Waals surface area contributed by atoms with Crippen LogP contribution in [0, 0.1) is 6.92 Å². The van der Waals surface area contributed by atoms with E-state index in [4.69, 9.17) is 32.7 Å². The van der Waals surface area contributed by atoms with Gasteiger partial charge < -0.3 is 9.52 Å². The third-order valence-electron chi connectivity index (χ3n) is 2.49. The molecule has 0 fully saturated rings. The van der Waals surface area contributed by atoms with E-state index in [9.17, 15) is 13.2 Å². The Bertz CT molecular complexity index is 793. The number of aromatic carboxylic acids is 1. The first kappa shape index (κ1) is 15.7. The third kappa shape index (κ3) is 3.49. The van der Waals surface area contributed by atoms with Gasteiger partial charge in [0.25, 0.3) is 10.0 Å². The predicted octanol–water partition coefficient (Wildman–Crippen LogP) is 3.39. The molecular formula is C12H9Cl2NO5S. The number of carbonyl (C=O) groups is 1. The van der Waals surface area contributed by atoms with Crippen LogP contribution in [0.15, 0.2) is 33.6 Å². The van der Waals surface area contributed by atoms with E-state index in [1.807, 2.05) is 0 Å². The van der Waals surface area contributed by atoms with Gasteiger partial charge in [-0.25, -0.2) is 13.2 Å². The van der Waals surface area contributed by atoms with E-state index in [0.717, 1.165) is 6.07 Å². The van der Waals surface area contributed by atoms with Crippen LogP contribution in [0.2, 0.25) is 10.0 Å². The standard InChI is InChI=1S/C12H9Cl2NO5S/c1-6-11(5-10(20-6)12(16)17)21(18,19)15-9-3-7(13)2-8(14)4-9/h2-5,15H,1H3,(H,16,17). The molecule has 2 aromatic rings. The lowest BCUT2D eigenvalue weighted by atomic mass is 10.3. The fourth-order valence-corrected chi connectivity index (χ4v) is 3.41. The Labute approximate surface area is 130 Å². The molecule has 0 unspecified atom stereocenters. The van der Waals surface area contributed by atoms with E-state index in [1.165, 1.54) is 25.1 Å². The average molecular weight is 350 g/mol. The van der Waals surface area contributed by atoms with E-state index < -0.39 is 21.8 Å². The van der Waals surface area contributed by atoms with E-state index in [-0.39, 0.29) is 26.4 Å². The molecule has 2 rings (SSSR count). The van der Waals surface area contributed by atoms with Crippen molar-refractivity contribution in [3.05, 3.63) is 45.8 Å². The molecule has 0 radical (unpaired) electrons. The van der Waals surface area contributed by atoms with Crippen LogP contribution < -0.4 is 4.72 Å². The first-order valence-electron chi connectivity index (χ1n) is 5.51. The fraction of sp³-hybridized carbons (Fsp3) is 0.0833. The smallest absolute Gasteiger partial charge is 0.371 e.